The molecule has 1 heterocycles. The summed E-state index contributed by atoms with van der Waals surface area (Å²) in [6.07, 6.45) is 5.77. The molecule has 1 N–H and O–H groups in total. The van der Waals surface area contributed by atoms with Crippen LogP contribution in [0.15, 0.2) is 24.3 Å². The maximum atomic E-state index is 12.8. The Labute approximate surface area is 167 Å². The molecule has 0 spiro atoms. The van der Waals surface area contributed by atoms with Gasteiger partial charge in [0.1, 0.15) is 11.4 Å². The molecule has 1 saturated heterocycles. The monoisotopic (exact) mass is 385 g/mol. The molecule has 5 heteroatoms. The van der Waals surface area contributed by atoms with Crippen LogP contribution in [0.2, 0.25) is 0 Å². The molecule has 5 atom stereocenters. The zero-order chi connectivity index (χ0) is 19.9. The molecule has 1 aromatic rings. The third-order valence-corrected chi connectivity index (χ3v) is 6.89. The second-order valence-corrected chi connectivity index (χ2v) is 9.29. The molecule has 4 rings (SSSR count). The molecule has 1 aromatic carbocycles. The van der Waals surface area contributed by atoms with Gasteiger partial charge in [0.15, 0.2) is 0 Å². The number of esters is 1. The quantitative estimate of drug-likeness (QED) is 0.783. The number of cyclic esters (lactones) is 1. The van der Waals surface area contributed by atoms with Gasteiger partial charge in [-0.05, 0) is 56.2 Å². The Morgan fingerprint density at radius 1 is 1.18 bits per heavy atom. The molecular weight excluding hydrogens is 354 g/mol. The molecule has 2 saturated carbocycles. The number of fused-ring (bicyclic) bond motifs is 1. The predicted molar refractivity (Wildman–Crippen MR) is 106 cm³/mol. The maximum absolute atomic E-state index is 12.8. The molecule has 0 unspecified atom stereocenters. The molecule has 1 amide bonds. The number of hydrogen-bond acceptors (Lipinski definition) is 4. The van der Waals surface area contributed by atoms with Gasteiger partial charge < -0.3 is 14.8 Å². The van der Waals surface area contributed by atoms with Crippen molar-refractivity contribution in [3.63, 3.8) is 0 Å². The van der Waals surface area contributed by atoms with Gasteiger partial charge in [-0.3, -0.25) is 9.59 Å². The van der Waals surface area contributed by atoms with Gasteiger partial charge in [-0.1, -0.05) is 25.0 Å². The van der Waals surface area contributed by atoms with Crippen molar-refractivity contribution in [3.8, 4) is 5.75 Å². The Hall–Kier alpha value is -2.04. The van der Waals surface area contributed by atoms with Crippen LogP contribution < -0.4 is 10.1 Å². The first kappa shape index (κ1) is 19.3. The van der Waals surface area contributed by atoms with Crippen LogP contribution in [0.1, 0.15) is 63.9 Å². The van der Waals surface area contributed by atoms with Gasteiger partial charge in [0.25, 0.3) is 0 Å². The molecule has 2 aliphatic carbocycles. The number of benzene rings is 1. The minimum atomic E-state index is -0.460. The lowest BCUT2D eigenvalue weighted by Gasteiger charge is -2.55. The standard InChI is InChI=1S/C23H31NO4/c1-23(2)13-15(22(26)28-23)12-19(25)24-21-18-7-5-4-6-17(18)20(21)14-8-10-16(27-3)11-9-14/h8-11,15,17-18,20-21H,4-7,12-13H2,1-3H3,(H,24,25)/t15-,17+,18-,20-,21-/m0/s1. The van der Waals surface area contributed by atoms with Gasteiger partial charge >= 0.3 is 5.97 Å². The smallest absolute Gasteiger partial charge is 0.310 e. The highest BCUT2D eigenvalue weighted by Crippen LogP contribution is 2.54. The summed E-state index contributed by atoms with van der Waals surface area (Å²) >= 11 is 0. The normalized spacial score (nSPS) is 33.4. The van der Waals surface area contributed by atoms with E-state index >= 15 is 0 Å². The van der Waals surface area contributed by atoms with E-state index < -0.39 is 5.60 Å². The Kier molecular flexibility index (Phi) is 5.11. The average molecular weight is 386 g/mol. The number of carbonyl (C=O) groups excluding carboxylic acids is 2. The molecule has 0 bridgehead atoms. The highest BCUT2D eigenvalue weighted by molar-refractivity contribution is 5.84. The molecular formula is C23H31NO4. The highest BCUT2D eigenvalue weighted by atomic mass is 16.6. The Morgan fingerprint density at radius 2 is 1.86 bits per heavy atom. The predicted octanol–water partition coefficient (Wildman–Crippen LogP) is 3.82. The van der Waals surface area contributed by atoms with Crippen molar-refractivity contribution in [3.05, 3.63) is 29.8 Å². The lowest BCUT2D eigenvalue weighted by Crippen LogP contribution is -2.59. The Bertz CT molecular complexity index is 741. The summed E-state index contributed by atoms with van der Waals surface area (Å²) in [4.78, 5) is 24.8. The third-order valence-electron chi connectivity index (χ3n) is 6.89. The number of ether oxygens (including phenoxy) is 2. The van der Waals surface area contributed by atoms with E-state index in [1.165, 1.54) is 31.2 Å². The lowest BCUT2D eigenvalue weighted by molar-refractivity contribution is -0.149. The summed E-state index contributed by atoms with van der Waals surface area (Å²) in [5.41, 5.74) is 0.814. The van der Waals surface area contributed by atoms with E-state index in [0.29, 0.717) is 24.2 Å². The van der Waals surface area contributed by atoms with Gasteiger partial charge in [-0.2, -0.15) is 0 Å². The second kappa shape index (κ2) is 7.41. The van der Waals surface area contributed by atoms with Gasteiger partial charge in [0.2, 0.25) is 5.91 Å². The number of nitrogens with one attached hydrogen (secondary N) is 1. The van der Waals surface area contributed by atoms with Gasteiger partial charge in [0.05, 0.1) is 13.0 Å². The highest BCUT2D eigenvalue weighted by Gasteiger charge is 2.52. The van der Waals surface area contributed by atoms with Crippen molar-refractivity contribution in [2.75, 3.05) is 7.11 Å². The zero-order valence-electron chi connectivity index (χ0n) is 17.1. The Balaban J connectivity index is 1.45. The first-order chi connectivity index (χ1) is 13.4. The number of amides is 1. The van der Waals surface area contributed by atoms with Crippen LogP contribution in [0.25, 0.3) is 0 Å². The number of rotatable bonds is 5. The van der Waals surface area contributed by atoms with Crippen LogP contribution in [0.5, 0.6) is 5.75 Å². The first-order valence-electron chi connectivity index (χ1n) is 10.5. The van der Waals surface area contributed by atoms with E-state index in [0.717, 1.165) is 5.75 Å². The van der Waals surface area contributed by atoms with Crippen molar-refractivity contribution in [2.45, 2.75) is 69.9 Å². The van der Waals surface area contributed by atoms with Crippen LogP contribution in [0.4, 0.5) is 0 Å². The minimum absolute atomic E-state index is 0.0211. The SMILES string of the molecule is COc1ccc([C@H]2[C@@H]3CCCC[C@@H]3[C@@H]2NC(=O)C[C@H]2CC(C)(C)OC2=O)cc1. The summed E-state index contributed by atoms with van der Waals surface area (Å²) in [6.45, 7) is 3.81. The fraction of sp³-hybridized carbons (Fsp3) is 0.652. The van der Waals surface area contributed by atoms with Crippen LogP contribution in [0.3, 0.4) is 0 Å². The average Bonchev–Trinajstić information content (AvgIpc) is 2.92. The molecule has 1 aliphatic heterocycles. The van der Waals surface area contributed by atoms with E-state index in [9.17, 15) is 9.59 Å². The summed E-state index contributed by atoms with van der Waals surface area (Å²) in [5.74, 6) is 1.82. The topological polar surface area (TPSA) is 64.6 Å². The summed E-state index contributed by atoms with van der Waals surface area (Å²) in [7, 11) is 1.67. The van der Waals surface area contributed by atoms with Crippen molar-refractivity contribution in [2.24, 2.45) is 17.8 Å². The first-order valence-corrected chi connectivity index (χ1v) is 10.5. The molecule has 0 aromatic heterocycles. The number of methoxy groups -OCH3 is 1. The number of carbonyl (C=O) groups is 2. The lowest BCUT2D eigenvalue weighted by atomic mass is 9.53. The van der Waals surface area contributed by atoms with Crippen LogP contribution in [0, 0.1) is 17.8 Å². The minimum Gasteiger partial charge on any atom is -0.497 e. The third kappa shape index (κ3) is 3.63. The van der Waals surface area contributed by atoms with Crippen molar-refractivity contribution >= 4 is 11.9 Å². The van der Waals surface area contributed by atoms with Crippen LogP contribution >= 0.6 is 0 Å². The molecule has 28 heavy (non-hydrogen) atoms. The molecule has 152 valence electrons. The fourth-order valence-electron chi connectivity index (χ4n) is 5.64. The number of hydrogen-bond donors (Lipinski definition) is 1. The van der Waals surface area contributed by atoms with E-state index in [1.807, 2.05) is 26.0 Å². The van der Waals surface area contributed by atoms with Crippen LogP contribution in [-0.4, -0.2) is 30.6 Å². The maximum Gasteiger partial charge on any atom is 0.310 e. The van der Waals surface area contributed by atoms with E-state index in [1.54, 1.807) is 7.11 Å². The molecule has 0 radical (unpaired) electrons. The van der Waals surface area contributed by atoms with Crippen molar-refractivity contribution < 1.29 is 19.1 Å². The van der Waals surface area contributed by atoms with Crippen molar-refractivity contribution in [1.29, 1.82) is 0 Å². The van der Waals surface area contributed by atoms with Gasteiger partial charge in [0, 0.05) is 24.8 Å². The second-order valence-electron chi connectivity index (χ2n) is 9.29. The van der Waals surface area contributed by atoms with E-state index in [2.05, 4.69) is 17.4 Å². The van der Waals surface area contributed by atoms with Crippen molar-refractivity contribution in [1.82, 2.24) is 5.32 Å². The van der Waals surface area contributed by atoms with E-state index in [4.69, 9.17) is 9.47 Å². The van der Waals surface area contributed by atoms with Gasteiger partial charge in [-0.15, -0.1) is 0 Å². The van der Waals surface area contributed by atoms with Crippen LogP contribution in [-0.2, 0) is 14.3 Å². The summed E-state index contributed by atoms with van der Waals surface area (Å²) in [5, 5.41) is 3.29. The summed E-state index contributed by atoms with van der Waals surface area (Å²) < 4.78 is 10.7. The molecule has 5 nitrogen and oxygen atoms in total. The molecule has 3 aliphatic rings. The fourth-order valence-corrected chi connectivity index (χ4v) is 5.64. The van der Waals surface area contributed by atoms with E-state index in [-0.39, 0.29) is 30.3 Å². The largest absolute Gasteiger partial charge is 0.497 e. The Morgan fingerprint density at radius 3 is 2.46 bits per heavy atom. The van der Waals surface area contributed by atoms with Gasteiger partial charge in [-0.25, -0.2) is 0 Å². The summed E-state index contributed by atoms with van der Waals surface area (Å²) in [6, 6.07) is 8.42. The molecule has 3 fully saturated rings. The zero-order valence-corrected chi connectivity index (χ0v) is 17.1.